The van der Waals surface area contributed by atoms with E-state index in [0.29, 0.717) is 17.3 Å². The van der Waals surface area contributed by atoms with Crippen LogP contribution in [-0.4, -0.2) is 25.0 Å². The maximum atomic E-state index is 13.0. The molecule has 0 aliphatic heterocycles. The summed E-state index contributed by atoms with van der Waals surface area (Å²) in [7, 11) is 0. The van der Waals surface area contributed by atoms with Crippen molar-refractivity contribution in [3.05, 3.63) is 57.6 Å². The highest BCUT2D eigenvalue weighted by Crippen LogP contribution is 2.35. The van der Waals surface area contributed by atoms with E-state index in [1.165, 1.54) is 4.68 Å². The number of halogens is 4. The molecule has 0 fully saturated rings. The van der Waals surface area contributed by atoms with E-state index >= 15 is 0 Å². The largest absolute Gasteiger partial charge is 0.436 e. The minimum Gasteiger partial charge on any atom is -0.419 e. The Morgan fingerprint density at radius 2 is 1.90 bits per heavy atom. The molecule has 0 spiro atoms. The lowest BCUT2D eigenvalue weighted by Gasteiger charge is -2.02. The summed E-state index contributed by atoms with van der Waals surface area (Å²) in [6, 6.07) is 9.65. The average Bonchev–Trinajstić information content (AvgIpc) is 3.25. The van der Waals surface area contributed by atoms with Gasteiger partial charge in [-0.25, -0.2) is 4.98 Å². The third-order valence-corrected chi connectivity index (χ3v) is 5.42. The molecule has 0 bridgehead atoms. The summed E-state index contributed by atoms with van der Waals surface area (Å²) < 4.78 is 45.8. The maximum Gasteiger partial charge on any atom is 0.436 e. The number of alkyl halides is 3. The van der Waals surface area contributed by atoms with Crippen molar-refractivity contribution in [1.82, 2.24) is 25.0 Å². The lowest BCUT2D eigenvalue weighted by atomic mass is 10.1. The number of benzene rings is 1. The van der Waals surface area contributed by atoms with Crippen molar-refractivity contribution in [2.75, 3.05) is 0 Å². The Hall–Kier alpha value is -2.75. The van der Waals surface area contributed by atoms with Crippen LogP contribution in [0, 0.1) is 13.8 Å². The van der Waals surface area contributed by atoms with Gasteiger partial charge in [0.25, 0.3) is 5.89 Å². The monoisotopic (exact) mass is 465 g/mol. The Morgan fingerprint density at radius 1 is 1.10 bits per heavy atom. The molecule has 29 heavy (non-hydrogen) atoms. The van der Waals surface area contributed by atoms with Gasteiger partial charge in [0.05, 0.1) is 15.7 Å². The molecule has 0 unspecified atom stereocenters. The molecule has 6 nitrogen and oxygen atoms in total. The number of fused-ring (bicyclic) bond motifs is 1. The molecule has 3 aromatic heterocycles. The topological polar surface area (TPSA) is 69.6 Å². The van der Waals surface area contributed by atoms with Gasteiger partial charge in [-0.3, -0.25) is 4.68 Å². The Morgan fingerprint density at radius 3 is 2.62 bits per heavy atom. The molecule has 4 aromatic rings. The van der Waals surface area contributed by atoms with Gasteiger partial charge < -0.3 is 4.42 Å². The summed E-state index contributed by atoms with van der Waals surface area (Å²) in [5.74, 6) is 0.558. The summed E-state index contributed by atoms with van der Waals surface area (Å²) >= 11 is 2.96. The van der Waals surface area contributed by atoms with Crippen LogP contribution in [0.4, 0.5) is 13.2 Å². The predicted molar refractivity (Wildman–Crippen MR) is 103 cm³/mol. The van der Waals surface area contributed by atoms with E-state index in [2.05, 4.69) is 36.2 Å². The maximum absolute atomic E-state index is 13.0. The van der Waals surface area contributed by atoms with Crippen molar-refractivity contribution in [3.8, 4) is 11.6 Å². The zero-order valence-electron chi connectivity index (χ0n) is 15.5. The highest BCUT2D eigenvalue weighted by Gasteiger charge is 2.37. The first-order valence-corrected chi connectivity index (χ1v) is 9.52. The fraction of sp³-hybridized carbons (Fsp3) is 0.263. The molecule has 0 atom stereocenters. The molecule has 0 radical (unpaired) electrons. The fourth-order valence-corrected chi connectivity index (χ4v) is 3.46. The molecular weight excluding hydrogens is 451 g/mol. The minimum atomic E-state index is -4.52. The van der Waals surface area contributed by atoms with Crippen LogP contribution in [0.2, 0.25) is 0 Å². The summed E-state index contributed by atoms with van der Waals surface area (Å²) in [6.07, 6.45) is -4.28. The number of rotatable bonds is 4. The van der Waals surface area contributed by atoms with Crippen molar-refractivity contribution in [1.29, 1.82) is 0 Å². The molecule has 0 aliphatic rings. The van der Waals surface area contributed by atoms with Crippen LogP contribution in [0.25, 0.3) is 22.5 Å². The smallest absolute Gasteiger partial charge is 0.419 e. The minimum absolute atomic E-state index is 0.0631. The molecule has 0 saturated heterocycles. The van der Waals surface area contributed by atoms with Crippen LogP contribution < -0.4 is 0 Å². The highest BCUT2D eigenvalue weighted by molar-refractivity contribution is 9.10. The number of nitrogens with zero attached hydrogens (tertiary/aromatic N) is 5. The molecule has 1 aromatic carbocycles. The third kappa shape index (κ3) is 3.89. The molecule has 0 N–H and O–H groups in total. The van der Waals surface area contributed by atoms with E-state index in [1.54, 1.807) is 13.0 Å². The van der Waals surface area contributed by atoms with E-state index in [4.69, 9.17) is 4.42 Å². The van der Waals surface area contributed by atoms with Gasteiger partial charge in [0.1, 0.15) is 5.69 Å². The second kappa shape index (κ2) is 7.25. The zero-order valence-corrected chi connectivity index (χ0v) is 17.0. The van der Waals surface area contributed by atoms with E-state index in [0.717, 1.165) is 16.5 Å². The van der Waals surface area contributed by atoms with Gasteiger partial charge in [-0.1, -0.05) is 17.7 Å². The van der Waals surface area contributed by atoms with Crippen LogP contribution in [0.3, 0.4) is 0 Å². The number of pyridine rings is 1. The highest BCUT2D eigenvalue weighted by atomic mass is 79.9. The normalized spacial score (nSPS) is 12.1. The quantitative estimate of drug-likeness (QED) is 0.418. The molecule has 0 aliphatic carbocycles. The zero-order chi connectivity index (χ0) is 20.8. The van der Waals surface area contributed by atoms with Crippen molar-refractivity contribution >= 4 is 26.8 Å². The van der Waals surface area contributed by atoms with Crippen LogP contribution in [0.1, 0.15) is 22.8 Å². The average molecular weight is 466 g/mol. The number of aryl methyl sites for hydroxylation is 3. The van der Waals surface area contributed by atoms with E-state index < -0.39 is 11.9 Å². The first kappa shape index (κ1) is 19.6. The van der Waals surface area contributed by atoms with Crippen LogP contribution in [-0.2, 0) is 19.1 Å². The summed E-state index contributed by atoms with van der Waals surface area (Å²) in [5.41, 5.74) is 1.92. The van der Waals surface area contributed by atoms with Gasteiger partial charge in [-0.15, -0.1) is 10.2 Å². The Labute approximate surface area is 171 Å². The fourth-order valence-electron chi connectivity index (χ4n) is 2.95. The second-order valence-electron chi connectivity index (χ2n) is 6.61. The first-order chi connectivity index (χ1) is 13.7. The van der Waals surface area contributed by atoms with Crippen LogP contribution in [0.5, 0.6) is 0 Å². The Kier molecular flexibility index (Phi) is 4.89. The second-order valence-corrected chi connectivity index (χ2v) is 7.41. The SMILES string of the molecule is Cc1ccc2nc(-c3nnc(CCn4nc(C(F)(F)F)c(Br)c4C)o3)ccc2c1. The molecule has 0 saturated carbocycles. The molecule has 150 valence electrons. The van der Waals surface area contributed by atoms with Crippen molar-refractivity contribution in [3.63, 3.8) is 0 Å². The molecule has 10 heteroatoms. The lowest BCUT2D eigenvalue weighted by Crippen LogP contribution is -2.10. The number of aromatic nitrogens is 5. The first-order valence-electron chi connectivity index (χ1n) is 8.72. The van der Waals surface area contributed by atoms with Gasteiger partial charge >= 0.3 is 6.18 Å². The molecular formula is C19H15BrF3N5O. The van der Waals surface area contributed by atoms with Gasteiger partial charge in [0.15, 0.2) is 5.69 Å². The van der Waals surface area contributed by atoms with E-state index in [9.17, 15) is 13.2 Å². The van der Waals surface area contributed by atoms with Crippen LogP contribution in [0.15, 0.2) is 39.2 Å². The summed E-state index contributed by atoms with van der Waals surface area (Å²) in [4.78, 5) is 4.53. The van der Waals surface area contributed by atoms with Gasteiger partial charge in [0.2, 0.25) is 5.89 Å². The van der Waals surface area contributed by atoms with Crippen molar-refractivity contribution in [2.24, 2.45) is 0 Å². The summed E-state index contributed by atoms with van der Waals surface area (Å²) in [6.45, 7) is 3.74. The summed E-state index contributed by atoms with van der Waals surface area (Å²) in [5, 5.41) is 12.6. The molecule has 4 rings (SSSR count). The molecule has 0 amide bonds. The van der Waals surface area contributed by atoms with Gasteiger partial charge in [-0.05, 0) is 48.0 Å². The standard InChI is InChI=1S/C19H15BrF3N5O/c1-10-3-5-13-12(9-10)4-6-14(24-13)18-26-25-15(29-18)7-8-28-11(2)16(20)17(27-28)19(21,22)23/h3-6,9H,7-8H2,1-2H3. The lowest BCUT2D eigenvalue weighted by molar-refractivity contribution is -0.142. The molecule has 3 heterocycles. The van der Waals surface area contributed by atoms with E-state index in [-0.39, 0.29) is 23.3 Å². The Bertz CT molecular complexity index is 1200. The van der Waals surface area contributed by atoms with Crippen LogP contribution >= 0.6 is 15.9 Å². The number of hydrogen-bond acceptors (Lipinski definition) is 5. The van der Waals surface area contributed by atoms with Gasteiger partial charge in [0, 0.05) is 18.4 Å². The van der Waals surface area contributed by atoms with Gasteiger partial charge in [-0.2, -0.15) is 18.3 Å². The Balaban J connectivity index is 1.53. The van der Waals surface area contributed by atoms with E-state index in [1.807, 2.05) is 31.2 Å². The number of hydrogen-bond donors (Lipinski definition) is 0. The third-order valence-electron chi connectivity index (χ3n) is 4.47. The van der Waals surface area contributed by atoms with Crippen molar-refractivity contribution < 1.29 is 17.6 Å². The predicted octanol–water partition coefficient (Wildman–Crippen LogP) is 5.12. The van der Waals surface area contributed by atoms with Crippen molar-refractivity contribution in [2.45, 2.75) is 33.0 Å².